The van der Waals surface area contributed by atoms with Crippen LogP contribution in [-0.2, 0) is 14.3 Å². The number of ether oxygens (including phenoxy) is 2. The Balaban J connectivity index is 2.34. The van der Waals surface area contributed by atoms with Gasteiger partial charge in [0.2, 0.25) is 5.91 Å². The van der Waals surface area contributed by atoms with Gasteiger partial charge in [-0.1, -0.05) is 200 Å². The summed E-state index contributed by atoms with van der Waals surface area (Å²) in [6, 6.07) is -0.844. The molecule has 1 saturated heterocycles. The van der Waals surface area contributed by atoms with Gasteiger partial charge in [0.15, 0.2) is 6.29 Å². The Bertz CT molecular complexity index is 1410. The van der Waals surface area contributed by atoms with Gasteiger partial charge in [0.1, 0.15) is 24.4 Å². The first kappa shape index (κ1) is 61.9. The lowest BCUT2D eigenvalue weighted by atomic mass is 9.99. The molecule has 1 aliphatic heterocycles. The maximum Gasteiger partial charge on any atom is 0.220 e. The molecule has 0 aromatic heterocycles. The SMILES string of the molecule is CC/C=C\C/C=C\C/C=C\C/C=C\C/C=C\C/C=C\CCCCCCCCC(=O)NC(COC1OC(CO)C(O)C(O)C1O)C(O)/C=C/CC/C=C/CC/C=C/CCCCCCCCCCC. The number of allylic oxidation sites excluding steroid dienone is 17. The summed E-state index contributed by atoms with van der Waals surface area (Å²) >= 11 is 0. The summed E-state index contributed by atoms with van der Waals surface area (Å²) in [5.41, 5.74) is 0. The molecule has 0 bridgehead atoms. The molecule has 382 valence electrons. The predicted octanol–water partition coefficient (Wildman–Crippen LogP) is 12.6. The van der Waals surface area contributed by atoms with Crippen LogP contribution in [0.2, 0.25) is 0 Å². The van der Waals surface area contributed by atoms with E-state index in [1.807, 2.05) is 6.08 Å². The molecular formula is C58H97NO8. The highest BCUT2D eigenvalue weighted by Gasteiger charge is 2.44. The average molecular weight is 936 g/mol. The van der Waals surface area contributed by atoms with Crippen LogP contribution in [0.25, 0.3) is 0 Å². The van der Waals surface area contributed by atoms with E-state index in [2.05, 4.69) is 116 Å². The molecule has 1 amide bonds. The number of nitrogens with one attached hydrogen (secondary N) is 1. The van der Waals surface area contributed by atoms with Crippen molar-refractivity contribution in [2.45, 2.75) is 236 Å². The number of unbranched alkanes of at least 4 members (excludes halogenated alkanes) is 17. The van der Waals surface area contributed by atoms with Crippen molar-refractivity contribution in [1.29, 1.82) is 0 Å². The quantitative estimate of drug-likeness (QED) is 0.0261. The number of carbonyl (C=O) groups is 1. The van der Waals surface area contributed by atoms with Gasteiger partial charge in [-0.3, -0.25) is 4.79 Å². The van der Waals surface area contributed by atoms with Crippen molar-refractivity contribution in [2.24, 2.45) is 0 Å². The van der Waals surface area contributed by atoms with Crippen LogP contribution in [0.15, 0.2) is 109 Å². The van der Waals surface area contributed by atoms with Crippen molar-refractivity contribution < 1.29 is 39.8 Å². The number of aliphatic hydroxyl groups excluding tert-OH is 5. The smallest absolute Gasteiger partial charge is 0.220 e. The van der Waals surface area contributed by atoms with Crippen molar-refractivity contribution in [3.8, 4) is 0 Å². The van der Waals surface area contributed by atoms with Crippen molar-refractivity contribution in [2.75, 3.05) is 13.2 Å². The van der Waals surface area contributed by atoms with Gasteiger partial charge in [0.25, 0.3) is 0 Å². The van der Waals surface area contributed by atoms with Gasteiger partial charge < -0.3 is 40.3 Å². The molecule has 0 spiro atoms. The molecule has 1 fully saturated rings. The standard InChI is InChI=1S/C58H97NO8/c1-3-5-7-9-11-13-15-17-19-21-23-24-25-26-27-28-30-32-34-36-38-40-42-44-46-48-54(62)59-51(50-66-58-57(65)56(64)55(63)53(49-60)67-58)52(61)47-45-43-41-39-37-35-33-31-29-22-20-18-16-14-12-10-8-6-4-2/h5,7,11,13,17,19,23-24,26-27,29-32,37,39,45,47,51-53,55-58,60-61,63-65H,3-4,6,8-10,12,14-16,18,20-22,25,28,33-36,38,40-44,46,48-50H2,1-2H3,(H,59,62)/b7-5-,13-11-,19-17-,24-23-,27-26-,31-29+,32-30-,39-37+,47-45+. The predicted molar refractivity (Wildman–Crippen MR) is 281 cm³/mol. The van der Waals surface area contributed by atoms with Crippen LogP contribution in [-0.4, -0.2) is 87.5 Å². The zero-order chi connectivity index (χ0) is 48.7. The summed E-state index contributed by atoms with van der Waals surface area (Å²) in [7, 11) is 0. The van der Waals surface area contributed by atoms with E-state index >= 15 is 0 Å². The zero-order valence-corrected chi connectivity index (χ0v) is 42.1. The minimum Gasteiger partial charge on any atom is -0.394 e. The molecule has 67 heavy (non-hydrogen) atoms. The van der Waals surface area contributed by atoms with Gasteiger partial charge in [-0.2, -0.15) is 0 Å². The fourth-order valence-electron chi connectivity index (χ4n) is 7.60. The topological polar surface area (TPSA) is 149 Å². The van der Waals surface area contributed by atoms with E-state index in [1.165, 1.54) is 57.8 Å². The molecule has 1 heterocycles. The van der Waals surface area contributed by atoms with E-state index < -0.39 is 49.5 Å². The molecular weight excluding hydrogens is 839 g/mol. The normalized spacial score (nSPS) is 20.6. The molecule has 7 atom stereocenters. The summed E-state index contributed by atoms with van der Waals surface area (Å²) in [5, 5.41) is 54.4. The van der Waals surface area contributed by atoms with Gasteiger partial charge in [0, 0.05) is 6.42 Å². The van der Waals surface area contributed by atoms with Crippen molar-refractivity contribution in [3.63, 3.8) is 0 Å². The Hall–Kier alpha value is -3.15. The fourth-order valence-corrected chi connectivity index (χ4v) is 7.60. The third-order valence-corrected chi connectivity index (χ3v) is 11.8. The second-order valence-corrected chi connectivity index (χ2v) is 17.9. The van der Waals surface area contributed by atoms with Crippen LogP contribution < -0.4 is 5.32 Å². The Kier molecular flexibility index (Phi) is 43.0. The summed E-state index contributed by atoms with van der Waals surface area (Å²) in [6.45, 7) is 3.62. The van der Waals surface area contributed by atoms with Crippen LogP contribution in [0.1, 0.15) is 194 Å². The lowest BCUT2D eigenvalue weighted by molar-refractivity contribution is -0.302. The zero-order valence-electron chi connectivity index (χ0n) is 42.1. The Morgan fingerprint density at radius 2 is 0.940 bits per heavy atom. The van der Waals surface area contributed by atoms with E-state index in [0.29, 0.717) is 6.42 Å². The molecule has 0 saturated carbocycles. The fraction of sp³-hybridized carbons (Fsp3) is 0.672. The molecule has 7 unspecified atom stereocenters. The summed E-state index contributed by atoms with van der Waals surface area (Å²) in [5.74, 6) is -0.211. The molecule has 1 rings (SSSR count). The highest BCUT2D eigenvalue weighted by molar-refractivity contribution is 5.76. The largest absolute Gasteiger partial charge is 0.394 e. The van der Waals surface area contributed by atoms with Gasteiger partial charge >= 0.3 is 0 Å². The number of carbonyl (C=O) groups excluding carboxylic acids is 1. The first-order chi connectivity index (χ1) is 32.8. The summed E-state index contributed by atoms with van der Waals surface area (Å²) in [6.07, 6.45) is 61.3. The van der Waals surface area contributed by atoms with Crippen molar-refractivity contribution >= 4 is 5.91 Å². The van der Waals surface area contributed by atoms with Crippen LogP contribution in [0.3, 0.4) is 0 Å². The molecule has 0 aromatic carbocycles. The molecule has 1 aliphatic rings. The lowest BCUT2D eigenvalue weighted by Gasteiger charge is -2.40. The highest BCUT2D eigenvalue weighted by Crippen LogP contribution is 2.22. The van der Waals surface area contributed by atoms with E-state index in [1.54, 1.807) is 6.08 Å². The van der Waals surface area contributed by atoms with Crippen molar-refractivity contribution in [3.05, 3.63) is 109 Å². The molecule has 6 N–H and O–H groups in total. The second-order valence-electron chi connectivity index (χ2n) is 17.9. The third kappa shape index (κ3) is 36.5. The van der Waals surface area contributed by atoms with Crippen LogP contribution in [0.4, 0.5) is 0 Å². The lowest BCUT2D eigenvalue weighted by Crippen LogP contribution is -2.60. The summed E-state index contributed by atoms with van der Waals surface area (Å²) < 4.78 is 11.2. The van der Waals surface area contributed by atoms with Crippen LogP contribution in [0.5, 0.6) is 0 Å². The molecule has 9 heteroatoms. The average Bonchev–Trinajstić information content (AvgIpc) is 3.33. The maximum absolute atomic E-state index is 13.0. The minimum atomic E-state index is -1.58. The van der Waals surface area contributed by atoms with Crippen LogP contribution >= 0.6 is 0 Å². The van der Waals surface area contributed by atoms with E-state index in [4.69, 9.17) is 9.47 Å². The monoisotopic (exact) mass is 936 g/mol. The number of amides is 1. The van der Waals surface area contributed by atoms with Gasteiger partial charge in [0.05, 0.1) is 25.4 Å². The van der Waals surface area contributed by atoms with E-state index in [9.17, 15) is 30.3 Å². The van der Waals surface area contributed by atoms with Gasteiger partial charge in [-0.25, -0.2) is 0 Å². The number of hydrogen-bond acceptors (Lipinski definition) is 8. The van der Waals surface area contributed by atoms with Crippen LogP contribution in [0, 0.1) is 0 Å². The Morgan fingerprint density at radius 1 is 0.522 bits per heavy atom. The first-order valence-electron chi connectivity index (χ1n) is 26.6. The highest BCUT2D eigenvalue weighted by atomic mass is 16.7. The second kappa shape index (κ2) is 46.6. The number of aliphatic hydroxyl groups is 5. The maximum atomic E-state index is 13.0. The number of hydrogen-bond donors (Lipinski definition) is 6. The van der Waals surface area contributed by atoms with E-state index in [0.717, 1.165) is 116 Å². The first-order valence-corrected chi connectivity index (χ1v) is 26.6. The van der Waals surface area contributed by atoms with Gasteiger partial charge in [-0.15, -0.1) is 0 Å². The third-order valence-electron chi connectivity index (χ3n) is 11.8. The molecule has 0 aromatic rings. The summed E-state index contributed by atoms with van der Waals surface area (Å²) in [4.78, 5) is 13.0. The van der Waals surface area contributed by atoms with Crippen molar-refractivity contribution in [1.82, 2.24) is 5.32 Å². The molecule has 0 aliphatic carbocycles. The minimum absolute atomic E-state index is 0.211. The Morgan fingerprint density at radius 3 is 1.43 bits per heavy atom. The molecule has 9 nitrogen and oxygen atoms in total. The van der Waals surface area contributed by atoms with E-state index in [-0.39, 0.29) is 12.5 Å². The van der Waals surface area contributed by atoms with Gasteiger partial charge in [-0.05, 0) is 96.3 Å². The number of rotatable bonds is 43. The Labute approximate surface area is 408 Å². The molecule has 0 radical (unpaired) electrons.